The summed E-state index contributed by atoms with van der Waals surface area (Å²) in [6, 6.07) is 16.9. The van der Waals surface area contributed by atoms with E-state index in [-0.39, 0.29) is 30.3 Å². The molecule has 2 aromatic carbocycles. The molecule has 6 heteroatoms. The van der Waals surface area contributed by atoms with Gasteiger partial charge in [0.1, 0.15) is 5.75 Å². The van der Waals surface area contributed by atoms with Gasteiger partial charge in [-0.05, 0) is 25.7 Å². The van der Waals surface area contributed by atoms with E-state index in [2.05, 4.69) is 10.6 Å². The first-order valence-corrected chi connectivity index (χ1v) is 9.30. The van der Waals surface area contributed by atoms with E-state index in [1.165, 1.54) is 6.92 Å². The topological polar surface area (TPSA) is 70.7 Å². The molecule has 0 heterocycles. The van der Waals surface area contributed by atoms with Crippen LogP contribution in [0.15, 0.2) is 54.6 Å². The van der Waals surface area contributed by atoms with Crippen molar-refractivity contribution in [2.45, 2.75) is 25.4 Å². The predicted octanol–water partition coefficient (Wildman–Crippen LogP) is 2.68. The molecule has 0 bridgehead atoms. The summed E-state index contributed by atoms with van der Waals surface area (Å²) in [7, 11) is 5.57. The normalized spacial score (nSPS) is 12.9. The fourth-order valence-electron chi connectivity index (χ4n) is 3.16. The maximum absolute atomic E-state index is 12.6. The first-order valence-electron chi connectivity index (χ1n) is 9.30. The number of ether oxygens (including phenoxy) is 1. The molecule has 0 saturated heterocycles. The van der Waals surface area contributed by atoms with Gasteiger partial charge in [-0.3, -0.25) is 9.59 Å². The Balaban J connectivity index is 2.06. The molecule has 2 unspecified atom stereocenters. The van der Waals surface area contributed by atoms with Crippen molar-refractivity contribution in [1.82, 2.24) is 15.5 Å². The van der Waals surface area contributed by atoms with Crippen molar-refractivity contribution in [1.29, 1.82) is 0 Å². The van der Waals surface area contributed by atoms with Crippen molar-refractivity contribution < 1.29 is 14.3 Å². The fraction of sp³-hybridized carbons (Fsp3) is 0.364. The molecule has 2 atom stereocenters. The molecule has 0 aliphatic rings. The highest BCUT2D eigenvalue weighted by Gasteiger charge is 2.21. The van der Waals surface area contributed by atoms with Gasteiger partial charge < -0.3 is 20.3 Å². The minimum Gasteiger partial charge on any atom is -0.496 e. The molecule has 0 radical (unpaired) electrons. The van der Waals surface area contributed by atoms with Crippen LogP contribution in [0.25, 0.3) is 0 Å². The van der Waals surface area contributed by atoms with E-state index in [0.29, 0.717) is 6.54 Å². The molecule has 28 heavy (non-hydrogen) atoms. The van der Waals surface area contributed by atoms with Gasteiger partial charge in [-0.2, -0.15) is 0 Å². The average molecular weight is 383 g/mol. The second kappa shape index (κ2) is 10.5. The van der Waals surface area contributed by atoms with Crippen molar-refractivity contribution in [2.24, 2.45) is 0 Å². The number of amides is 2. The molecule has 0 aromatic heterocycles. The third-order valence-corrected chi connectivity index (χ3v) is 4.58. The predicted molar refractivity (Wildman–Crippen MR) is 110 cm³/mol. The lowest BCUT2D eigenvalue weighted by molar-refractivity contribution is -0.123. The Kier molecular flexibility index (Phi) is 8.02. The minimum absolute atomic E-state index is 0.0314. The van der Waals surface area contributed by atoms with Crippen LogP contribution in [0.2, 0.25) is 0 Å². The molecule has 2 rings (SSSR count). The Labute approximate surface area is 166 Å². The summed E-state index contributed by atoms with van der Waals surface area (Å²) < 4.78 is 5.46. The summed E-state index contributed by atoms with van der Waals surface area (Å²) in [5.41, 5.74) is 1.92. The van der Waals surface area contributed by atoms with Gasteiger partial charge in [0.2, 0.25) is 11.8 Å². The number of methoxy groups -OCH3 is 1. The molecule has 150 valence electrons. The van der Waals surface area contributed by atoms with Crippen LogP contribution >= 0.6 is 0 Å². The number of hydrogen-bond acceptors (Lipinski definition) is 4. The highest BCUT2D eigenvalue weighted by molar-refractivity contribution is 5.79. The lowest BCUT2D eigenvalue weighted by atomic mass is 10.0. The van der Waals surface area contributed by atoms with Crippen molar-refractivity contribution in [3.63, 3.8) is 0 Å². The molecule has 2 N–H and O–H groups in total. The number of carbonyl (C=O) groups is 2. The van der Waals surface area contributed by atoms with Gasteiger partial charge in [0.15, 0.2) is 0 Å². The van der Waals surface area contributed by atoms with Gasteiger partial charge >= 0.3 is 0 Å². The minimum atomic E-state index is -0.359. The summed E-state index contributed by atoms with van der Waals surface area (Å²) >= 11 is 0. The molecule has 2 amide bonds. The summed E-state index contributed by atoms with van der Waals surface area (Å²) in [6.07, 6.45) is 0.176. The number of para-hydroxylation sites is 1. The number of benzene rings is 2. The van der Waals surface area contributed by atoms with E-state index >= 15 is 0 Å². The number of hydrogen-bond donors (Lipinski definition) is 2. The molecule has 2 aromatic rings. The highest BCUT2D eigenvalue weighted by Crippen LogP contribution is 2.27. The van der Waals surface area contributed by atoms with Crippen LogP contribution in [0.1, 0.15) is 36.6 Å². The second-order valence-electron chi connectivity index (χ2n) is 6.89. The molecule has 6 nitrogen and oxygen atoms in total. The zero-order valence-corrected chi connectivity index (χ0v) is 16.9. The quantitative estimate of drug-likeness (QED) is 0.698. The average Bonchev–Trinajstić information content (AvgIpc) is 2.68. The number of likely N-dealkylation sites (N-methyl/N-ethyl adjacent to an activating group) is 1. The monoisotopic (exact) mass is 383 g/mol. The smallest absolute Gasteiger partial charge is 0.222 e. The van der Waals surface area contributed by atoms with E-state index < -0.39 is 0 Å². The maximum atomic E-state index is 12.6. The first-order chi connectivity index (χ1) is 13.4. The van der Waals surface area contributed by atoms with Gasteiger partial charge in [0.25, 0.3) is 0 Å². The van der Waals surface area contributed by atoms with Gasteiger partial charge in [0.05, 0.1) is 25.6 Å². The Hall–Kier alpha value is -2.86. The number of nitrogens with zero attached hydrogens (tertiary/aromatic N) is 1. The van der Waals surface area contributed by atoms with Crippen LogP contribution < -0.4 is 15.4 Å². The fourth-order valence-corrected chi connectivity index (χ4v) is 3.16. The third kappa shape index (κ3) is 6.09. The molecule has 0 saturated carbocycles. The molecule has 0 fully saturated rings. The summed E-state index contributed by atoms with van der Waals surface area (Å²) in [5.74, 6) is 0.502. The van der Waals surface area contributed by atoms with Crippen molar-refractivity contribution in [2.75, 3.05) is 27.7 Å². The maximum Gasteiger partial charge on any atom is 0.222 e. The third-order valence-electron chi connectivity index (χ3n) is 4.58. The second-order valence-corrected chi connectivity index (χ2v) is 6.89. The zero-order chi connectivity index (χ0) is 20.5. The standard InChI is InChI=1S/C22H29N3O3/c1-16(26)24-19(17-10-6-5-7-11-17)14-22(27)23-15-20(25(2)3)18-12-8-9-13-21(18)28-4/h5-13,19-20H,14-15H2,1-4H3,(H,23,27)(H,24,26). The molecule has 0 spiro atoms. The number of rotatable bonds is 9. The van der Waals surface area contributed by atoms with Gasteiger partial charge in [-0.25, -0.2) is 0 Å². The summed E-state index contributed by atoms with van der Waals surface area (Å²) in [4.78, 5) is 26.2. The largest absolute Gasteiger partial charge is 0.496 e. The molecular weight excluding hydrogens is 354 g/mol. The highest BCUT2D eigenvalue weighted by atomic mass is 16.5. The van der Waals surface area contributed by atoms with Crippen molar-refractivity contribution >= 4 is 11.8 Å². The molecule has 0 aliphatic heterocycles. The van der Waals surface area contributed by atoms with Crippen LogP contribution in [0.3, 0.4) is 0 Å². The van der Waals surface area contributed by atoms with E-state index in [9.17, 15) is 9.59 Å². The van der Waals surface area contributed by atoms with Crippen LogP contribution in [-0.2, 0) is 9.59 Å². The Morgan fingerprint density at radius 3 is 2.29 bits per heavy atom. The Bertz CT molecular complexity index is 778. The molecule has 0 aliphatic carbocycles. The number of nitrogens with one attached hydrogen (secondary N) is 2. The first kappa shape index (κ1) is 21.4. The van der Waals surface area contributed by atoms with E-state index in [1.54, 1.807) is 7.11 Å². The lowest BCUT2D eigenvalue weighted by Crippen LogP contribution is -2.37. The van der Waals surface area contributed by atoms with Gasteiger partial charge in [0, 0.05) is 19.0 Å². The van der Waals surface area contributed by atoms with Crippen LogP contribution in [-0.4, -0.2) is 44.5 Å². The summed E-state index contributed by atoms with van der Waals surface area (Å²) in [6.45, 7) is 1.89. The zero-order valence-electron chi connectivity index (χ0n) is 16.9. The van der Waals surface area contributed by atoms with Crippen LogP contribution in [0.5, 0.6) is 5.75 Å². The van der Waals surface area contributed by atoms with E-state index in [4.69, 9.17) is 4.74 Å². The van der Waals surface area contributed by atoms with E-state index in [1.807, 2.05) is 73.6 Å². The van der Waals surface area contributed by atoms with Gasteiger partial charge in [-0.15, -0.1) is 0 Å². The lowest BCUT2D eigenvalue weighted by Gasteiger charge is -2.27. The van der Waals surface area contributed by atoms with Crippen LogP contribution in [0.4, 0.5) is 0 Å². The summed E-state index contributed by atoms with van der Waals surface area (Å²) in [5, 5.41) is 5.86. The van der Waals surface area contributed by atoms with Crippen molar-refractivity contribution in [3.05, 3.63) is 65.7 Å². The van der Waals surface area contributed by atoms with Gasteiger partial charge in [-0.1, -0.05) is 48.5 Å². The molecular formula is C22H29N3O3. The van der Waals surface area contributed by atoms with Crippen LogP contribution in [0, 0.1) is 0 Å². The Morgan fingerprint density at radius 1 is 1.04 bits per heavy atom. The number of carbonyl (C=O) groups excluding carboxylic acids is 2. The Morgan fingerprint density at radius 2 is 1.68 bits per heavy atom. The van der Waals surface area contributed by atoms with E-state index in [0.717, 1.165) is 16.9 Å². The SMILES string of the molecule is COc1ccccc1C(CNC(=O)CC(NC(C)=O)c1ccccc1)N(C)C. The van der Waals surface area contributed by atoms with Crippen molar-refractivity contribution in [3.8, 4) is 5.75 Å².